The average Bonchev–Trinajstić information content (AvgIpc) is 2.57. The van der Waals surface area contributed by atoms with Gasteiger partial charge in [0.1, 0.15) is 5.60 Å². The molecule has 3 nitrogen and oxygen atoms in total. The zero-order valence-corrected chi connectivity index (χ0v) is 9.63. The number of benzene rings is 1. The molecule has 1 aliphatic heterocycles. The summed E-state index contributed by atoms with van der Waals surface area (Å²) in [6, 6.07) is 8.07. The first kappa shape index (κ1) is 9.39. The van der Waals surface area contributed by atoms with Crippen LogP contribution in [0.25, 0.3) is 10.9 Å². The number of aromatic nitrogens is 1. The summed E-state index contributed by atoms with van der Waals surface area (Å²) in [7, 11) is 0. The van der Waals surface area contributed by atoms with Gasteiger partial charge >= 0.3 is 0 Å². The van der Waals surface area contributed by atoms with Gasteiger partial charge in [-0.1, -0.05) is 15.9 Å². The van der Waals surface area contributed by atoms with E-state index in [0.717, 1.165) is 21.1 Å². The summed E-state index contributed by atoms with van der Waals surface area (Å²) in [6.45, 7) is 1.25. The summed E-state index contributed by atoms with van der Waals surface area (Å²) >= 11 is 3.43. The van der Waals surface area contributed by atoms with Gasteiger partial charge in [-0.25, -0.2) is 0 Å². The van der Waals surface area contributed by atoms with Crippen LogP contribution in [0.4, 0.5) is 0 Å². The van der Waals surface area contributed by atoms with Crippen molar-refractivity contribution in [1.82, 2.24) is 10.3 Å². The largest absolute Gasteiger partial charge is 0.381 e. The Bertz CT molecular complexity index is 516. The van der Waals surface area contributed by atoms with Crippen LogP contribution in [0.2, 0.25) is 0 Å². The van der Waals surface area contributed by atoms with Crippen LogP contribution in [-0.4, -0.2) is 23.2 Å². The monoisotopic (exact) mass is 266 g/mol. The highest BCUT2D eigenvalue weighted by Crippen LogP contribution is 2.29. The van der Waals surface area contributed by atoms with Crippen molar-refractivity contribution in [3.63, 3.8) is 0 Å². The number of rotatable bonds is 1. The minimum atomic E-state index is -0.703. The molecule has 1 saturated heterocycles. The zero-order chi connectivity index (χ0) is 10.5. The third kappa shape index (κ3) is 1.40. The molecule has 0 radical (unpaired) electrons. The van der Waals surface area contributed by atoms with Crippen LogP contribution in [0.1, 0.15) is 5.69 Å². The Morgan fingerprint density at radius 3 is 2.73 bits per heavy atom. The second-order valence-electron chi connectivity index (χ2n) is 4.05. The van der Waals surface area contributed by atoms with Gasteiger partial charge in [-0.15, -0.1) is 0 Å². The lowest BCUT2D eigenvalue weighted by Crippen LogP contribution is -2.56. The molecule has 78 valence electrons. The van der Waals surface area contributed by atoms with Crippen molar-refractivity contribution in [2.45, 2.75) is 5.60 Å². The van der Waals surface area contributed by atoms with Gasteiger partial charge in [-0.2, -0.15) is 0 Å². The predicted octanol–water partition coefficient (Wildman–Crippen LogP) is 1.72. The molecular formula is C11H11BrN2O. The lowest BCUT2D eigenvalue weighted by atomic mass is 9.93. The van der Waals surface area contributed by atoms with E-state index in [1.54, 1.807) is 0 Å². The van der Waals surface area contributed by atoms with E-state index >= 15 is 0 Å². The lowest BCUT2D eigenvalue weighted by molar-refractivity contribution is -0.0179. The molecule has 0 unspecified atom stereocenters. The second kappa shape index (κ2) is 3.07. The van der Waals surface area contributed by atoms with E-state index in [0.29, 0.717) is 13.1 Å². The molecule has 15 heavy (non-hydrogen) atoms. The maximum absolute atomic E-state index is 10.1. The van der Waals surface area contributed by atoms with E-state index in [2.05, 4.69) is 26.2 Å². The molecule has 3 rings (SSSR count). The standard InChI is InChI=1S/C11H11BrN2O/c12-8-1-2-9-7(3-8)4-10(14-9)11(15)5-13-6-11/h1-4,13-15H,5-6H2. The first-order valence-electron chi connectivity index (χ1n) is 4.89. The number of H-pyrrole nitrogens is 1. The number of aromatic amines is 1. The van der Waals surface area contributed by atoms with Gasteiger partial charge < -0.3 is 15.4 Å². The first-order chi connectivity index (χ1) is 7.17. The molecule has 1 fully saturated rings. The predicted molar refractivity (Wildman–Crippen MR) is 62.8 cm³/mol. The van der Waals surface area contributed by atoms with Gasteiger partial charge in [0.2, 0.25) is 0 Å². The Labute approximate surface area is 95.6 Å². The van der Waals surface area contributed by atoms with Crippen LogP contribution in [0.3, 0.4) is 0 Å². The average molecular weight is 267 g/mol. The quantitative estimate of drug-likeness (QED) is 0.736. The Balaban J connectivity index is 2.14. The number of β-amino-alcohol motifs (C(OH)–C–C–N with tert-alkyl or cyclic N) is 1. The first-order valence-corrected chi connectivity index (χ1v) is 5.69. The van der Waals surface area contributed by atoms with E-state index in [1.165, 1.54) is 0 Å². The molecule has 0 bridgehead atoms. The van der Waals surface area contributed by atoms with Crippen molar-refractivity contribution in [3.8, 4) is 0 Å². The molecule has 0 saturated carbocycles. The number of hydrogen-bond acceptors (Lipinski definition) is 2. The Hall–Kier alpha value is -0.840. The van der Waals surface area contributed by atoms with Crippen LogP contribution in [-0.2, 0) is 5.60 Å². The van der Waals surface area contributed by atoms with Crippen molar-refractivity contribution in [1.29, 1.82) is 0 Å². The molecule has 3 N–H and O–H groups in total. The highest BCUT2D eigenvalue weighted by atomic mass is 79.9. The maximum Gasteiger partial charge on any atom is 0.129 e. The van der Waals surface area contributed by atoms with Crippen molar-refractivity contribution < 1.29 is 5.11 Å². The molecule has 2 aromatic rings. The molecule has 0 aliphatic carbocycles. The van der Waals surface area contributed by atoms with Crippen molar-refractivity contribution >= 4 is 26.8 Å². The minimum absolute atomic E-state index is 0.626. The summed E-state index contributed by atoms with van der Waals surface area (Å²) in [5.41, 5.74) is 1.26. The van der Waals surface area contributed by atoms with Crippen LogP contribution in [0.5, 0.6) is 0 Å². The molecule has 0 amide bonds. The van der Waals surface area contributed by atoms with Crippen molar-refractivity contribution in [2.75, 3.05) is 13.1 Å². The van der Waals surface area contributed by atoms with E-state index in [4.69, 9.17) is 0 Å². The van der Waals surface area contributed by atoms with Crippen molar-refractivity contribution in [2.24, 2.45) is 0 Å². The van der Waals surface area contributed by atoms with Crippen LogP contribution in [0.15, 0.2) is 28.7 Å². The van der Waals surface area contributed by atoms with Crippen LogP contribution < -0.4 is 5.32 Å². The second-order valence-corrected chi connectivity index (χ2v) is 4.97. The fourth-order valence-electron chi connectivity index (χ4n) is 1.91. The summed E-state index contributed by atoms with van der Waals surface area (Å²) in [4.78, 5) is 3.25. The number of halogens is 1. The molecule has 1 aromatic heterocycles. The Morgan fingerprint density at radius 2 is 2.07 bits per heavy atom. The molecular weight excluding hydrogens is 256 g/mol. The number of nitrogens with one attached hydrogen (secondary N) is 2. The highest BCUT2D eigenvalue weighted by Gasteiger charge is 2.37. The van der Waals surface area contributed by atoms with E-state index in [1.807, 2.05) is 24.3 Å². The SMILES string of the molecule is OC1(c2cc3cc(Br)ccc3[nH]2)CNC1. The fourth-order valence-corrected chi connectivity index (χ4v) is 2.29. The molecule has 0 atom stereocenters. The third-order valence-corrected chi connectivity index (χ3v) is 3.41. The minimum Gasteiger partial charge on any atom is -0.381 e. The van der Waals surface area contributed by atoms with Gasteiger partial charge in [0.25, 0.3) is 0 Å². The van der Waals surface area contributed by atoms with Crippen LogP contribution >= 0.6 is 15.9 Å². The van der Waals surface area contributed by atoms with E-state index in [-0.39, 0.29) is 0 Å². The van der Waals surface area contributed by atoms with Gasteiger partial charge in [0.15, 0.2) is 0 Å². The topological polar surface area (TPSA) is 48.0 Å². The highest BCUT2D eigenvalue weighted by molar-refractivity contribution is 9.10. The van der Waals surface area contributed by atoms with Gasteiger partial charge in [0, 0.05) is 28.5 Å². The lowest BCUT2D eigenvalue weighted by Gasteiger charge is -2.36. The third-order valence-electron chi connectivity index (χ3n) is 2.92. The summed E-state index contributed by atoms with van der Waals surface area (Å²) in [5.74, 6) is 0. The fraction of sp³-hybridized carbons (Fsp3) is 0.273. The van der Waals surface area contributed by atoms with Crippen LogP contribution in [0, 0.1) is 0 Å². The van der Waals surface area contributed by atoms with Gasteiger partial charge in [-0.3, -0.25) is 0 Å². The Morgan fingerprint density at radius 1 is 1.27 bits per heavy atom. The molecule has 1 aromatic carbocycles. The Kier molecular flexibility index (Phi) is 1.92. The van der Waals surface area contributed by atoms with E-state index < -0.39 is 5.60 Å². The molecule has 2 heterocycles. The normalized spacial score (nSPS) is 19.1. The number of fused-ring (bicyclic) bond motifs is 1. The van der Waals surface area contributed by atoms with Crippen molar-refractivity contribution in [3.05, 3.63) is 34.4 Å². The molecule has 4 heteroatoms. The number of hydrogen-bond donors (Lipinski definition) is 3. The van der Waals surface area contributed by atoms with E-state index in [9.17, 15) is 5.11 Å². The maximum atomic E-state index is 10.1. The summed E-state index contributed by atoms with van der Waals surface area (Å²) in [5, 5.41) is 14.3. The number of aliphatic hydroxyl groups is 1. The molecule has 0 spiro atoms. The van der Waals surface area contributed by atoms with Gasteiger partial charge in [-0.05, 0) is 24.3 Å². The summed E-state index contributed by atoms with van der Waals surface area (Å²) < 4.78 is 1.05. The summed E-state index contributed by atoms with van der Waals surface area (Å²) in [6.07, 6.45) is 0. The zero-order valence-electron chi connectivity index (χ0n) is 8.05. The van der Waals surface area contributed by atoms with Gasteiger partial charge in [0.05, 0.1) is 5.69 Å². The smallest absolute Gasteiger partial charge is 0.129 e. The molecule has 1 aliphatic rings.